The lowest BCUT2D eigenvalue weighted by atomic mass is 10.1. The van der Waals surface area contributed by atoms with E-state index in [9.17, 15) is 5.11 Å². The molecule has 3 heterocycles. The molecule has 22 heavy (non-hydrogen) atoms. The average molecular weight is 304 g/mol. The van der Waals surface area contributed by atoms with Gasteiger partial charge in [0.2, 0.25) is 0 Å². The Bertz CT molecular complexity index is 641. The highest BCUT2D eigenvalue weighted by atomic mass is 16.6. The number of ether oxygens (including phenoxy) is 1. The first-order valence-electron chi connectivity index (χ1n) is 7.73. The first-order valence-corrected chi connectivity index (χ1v) is 7.73. The summed E-state index contributed by atoms with van der Waals surface area (Å²) in [5.41, 5.74) is 2.68. The Kier molecular flexibility index (Phi) is 3.79. The number of rotatable bonds is 3. The van der Waals surface area contributed by atoms with Crippen molar-refractivity contribution in [1.29, 1.82) is 0 Å². The molecule has 2 aliphatic rings. The molecule has 1 aromatic heterocycles. The Labute approximate surface area is 128 Å². The van der Waals surface area contributed by atoms with Crippen LogP contribution in [0.5, 0.6) is 0 Å². The average Bonchev–Trinajstić information content (AvgIpc) is 3.15. The number of hydrogen-bond acceptors (Lipinski definition) is 7. The molecule has 0 saturated carbocycles. The van der Waals surface area contributed by atoms with Crippen molar-refractivity contribution < 1.29 is 14.5 Å². The molecular weight excluding hydrogens is 284 g/mol. The first kappa shape index (κ1) is 14.1. The molecule has 0 radical (unpaired) electrons. The summed E-state index contributed by atoms with van der Waals surface area (Å²) in [6.45, 7) is 5.62. The molecule has 2 aliphatic heterocycles. The highest BCUT2D eigenvalue weighted by Crippen LogP contribution is 2.22. The van der Waals surface area contributed by atoms with Crippen LogP contribution in [0.25, 0.3) is 11.0 Å². The second kappa shape index (κ2) is 5.92. The number of aliphatic hydroxyl groups is 1. The lowest BCUT2D eigenvalue weighted by Gasteiger charge is -2.33. The molecule has 0 spiro atoms. The summed E-state index contributed by atoms with van der Waals surface area (Å²) in [6, 6.07) is 6.10. The zero-order chi connectivity index (χ0) is 14.9. The number of benzene rings is 1. The van der Waals surface area contributed by atoms with Gasteiger partial charge in [-0.3, -0.25) is 9.80 Å². The summed E-state index contributed by atoms with van der Waals surface area (Å²) in [6.07, 6.45) is -0.312. The van der Waals surface area contributed by atoms with E-state index in [-0.39, 0.29) is 12.1 Å². The van der Waals surface area contributed by atoms with Crippen LogP contribution in [0.4, 0.5) is 0 Å². The number of fused-ring (bicyclic) bond motifs is 1. The lowest BCUT2D eigenvalue weighted by molar-refractivity contribution is -0.00618. The van der Waals surface area contributed by atoms with E-state index in [0.717, 1.165) is 56.0 Å². The molecule has 0 unspecified atom stereocenters. The summed E-state index contributed by atoms with van der Waals surface area (Å²) in [5.74, 6) is 0. The molecule has 2 atom stereocenters. The van der Waals surface area contributed by atoms with Gasteiger partial charge in [0.15, 0.2) is 0 Å². The van der Waals surface area contributed by atoms with Crippen molar-refractivity contribution in [2.24, 2.45) is 0 Å². The van der Waals surface area contributed by atoms with Crippen molar-refractivity contribution >= 4 is 11.0 Å². The van der Waals surface area contributed by atoms with Gasteiger partial charge in [-0.1, -0.05) is 12.1 Å². The number of aliphatic hydroxyl groups excluding tert-OH is 1. The lowest BCUT2D eigenvalue weighted by Crippen LogP contribution is -2.48. The molecule has 7 nitrogen and oxygen atoms in total. The molecular formula is C15H20N4O3. The summed E-state index contributed by atoms with van der Waals surface area (Å²) in [7, 11) is 0. The highest BCUT2D eigenvalue weighted by Gasteiger charge is 2.36. The van der Waals surface area contributed by atoms with Gasteiger partial charge in [-0.25, -0.2) is 4.63 Å². The predicted molar refractivity (Wildman–Crippen MR) is 79.3 cm³/mol. The van der Waals surface area contributed by atoms with Crippen molar-refractivity contribution in [3.8, 4) is 0 Å². The number of likely N-dealkylation sites (tertiary alicyclic amines) is 1. The van der Waals surface area contributed by atoms with Crippen LogP contribution in [0.2, 0.25) is 0 Å². The molecule has 7 heteroatoms. The Balaban J connectivity index is 1.47. The first-order chi connectivity index (χ1) is 10.8. The van der Waals surface area contributed by atoms with Gasteiger partial charge in [-0.2, -0.15) is 0 Å². The molecule has 118 valence electrons. The van der Waals surface area contributed by atoms with Crippen LogP contribution in [-0.4, -0.2) is 76.8 Å². The molecule has 1 N–H and O–H groups in total. The summed E-state index contributed by atoms with van der Waals surface area (Å²) >= 11 is 0. The van der Waals surface area contributed by atoms with Gasteiger partial charge < -0.3 is 9.84 Å². The SMILES string of the molecule is O[C@H]1CN(Cc2cccc3nonc23)C[C@@H]1N1CCOCC1. The quantitative estimate of drug-likeness (QED) is 0.862. The third kappa shape index (κ3) is 2.61. The van der Waals surface area contributed by atoms with Gasteiger partial charge in [-0.05, 0) is 21.9 Å². The maximum Gasteiger partial charge on any atom is 0.139 e. The predicted octanol–water partition coefficient (Wildman–Crippen LogP) is 0.100. The Morgan fingerprint density at radius 2 is 2.05 bits per heavy atom. The number of morpholine rings is 1. The third-order valence-electron chi connectivity index (χ3n) is 4.61. The number of aromatic nitrogens is 2. The van der Waals surface area contributed by atoms with Crippen molar-refractivity contribution in [3.05, 3.63) is 23.8 Å². The van der Waals surface area contributed by atoms with Crippen molar-refractivity contribution in [1.82, 2.24) is 20.1 Å². The van der Waals surface area contributed by atoms with Crippen molar-refractivity contribution in [2.75, 3.05) is 39.4 Å². The third-order valence-corrected chi connectivity index (χ3v) is 4.61. The molecule has 4 rings (SSSR count). The largest absolute Gasteiger partial charge is 0.390 e. The van der Waals surface area contributed by atoms with Gasteiger partial charge in [0, 0.05) is 38.8 Å². The minimum absolute atomic E-state index is 0.193. The Hall–Kier alpha value is -1.54. The Morgan fingerprint density at radius 3 is 2.91 bits per heavy atom. The van der Waals surface area contributed by atoms with Gasteiger partial charge >= 0.3 is 0 Å². The van der Waals surface area contributed by atoms with Gasteiger partial charge in [-0.15, -0.1) is 0 Å². The normalized spacial score (nSPS) is 27.7. The van der Waals surface area contributed by atoms with Crippen LogP contribution in [0.15, 0.2) is 22.8 Å². The van der Waals surface area contributed by atoms with Crippen LogP contribution in [-0.2, 0) is 11.3 Å². The van der Waals surface area contributed by atoms with Crippen LogP contribution >= 0.6 is 0 Å². The molecule has 0 bridgehead atoms. The van der Waals surface area contributed by atoms with Gasteiger partial charge in [0.25, 0.3) is 0 Å². The fourth-order valence-corrected chi connectivity index (χ4v) is 3.47. The smallest absolute Gasteiger partial charge is 0.139 e. The highest BCUT2D eigenvalue weighted by molar-refractivity contribution is 5.76. The Morgan fingerprint density at radius 1 is 1.18 bits per heavy atom. The molecule has 0 amide bonds. The monoisotopic (exact) mass is 304 g/mol. The maximum atomic E-state index is 10.4. The minimum Gasteiger partial charge on any atom is -0.390 e. The van der Waals surface area contributed by atoms with E-state index in [1.165, 1.54) is 0 Å². The molecule has 0 aliphatic carbocycles. The van der Waals surface area contributed by atoms with Crippen molar-refractivity contribution in [2.45, 2.75) is 18.7 Å². The fraction of sp³-hybridized carbons (Fsp3) is 0.600. The second-order valence-corrected chi connectivity index (χ2v) is 6.03. The molecule has 2 fully saturated rings. The van der Waals surface area contributed by atoms with Gasteiger partial charge in [0.05, 0.1) is 19.3 Å². The summed E-state index contributed by atoms with van der Waals surface area (Å²) in [5, 5.41) is 18.3. The second-order valence-electron chi connectivity index (χ2n) is 6.03. The van der Waals surface area contributed by atoms with Crippen LogP contribution in [0, 0.1) is 0 Å². The number of β-amino-alcohol motifs (C(OH)–C–C–N with tert-alkyl or cyclic N) is 1. The van der Waals surface area contributed by atoms with E-state index in [1.54, 1.807) is 0 Å². The fourth-order valence-electron chi connectivity index (χ4n) is 3.47. The molecule has 1 aromatic carbocycles. The standard InChI is InChI=1S/C15H20N4O3/c20-14-10-18(9-13(14)19-4-6-21-7-5-19)8-11-2-1-3-12-15(11)17-22-16-12/h1-3,13-14,20H,4-10H2/t13-,14-/m0/s1. The van der Waals surface area contributed by atoms with E-state index < -0.39 is 0 Å². The van der Waals surface area contributed by atoms with E-state index in [2.05, 4.69) is 20.1 Å². The van der Waals surface area contributed by atoms with Crippen LogP contribution in [0.3, 0.4) is 0 Å². The molecule has 2 aromatic rings. The minimum atomic E-state index is -0.312. The topological polar surface area (TPSA) is 74.9 Å². The van der Waals surface area contributed by atoms with Crippen LogP contribution < -0.4 is 0 Å². The maximum absolute atomic E-state index is 10.4. The van der Waals surface area contributed by atoms with Crippen LogP contribution in [0.1, 0.15) is 5.56 Å². The number of hydrogen-bond donors (Lipinski definition) is 1. The van der Waals surface area contributed by atoms with Gasteiger partial charge in [0.1, 0.15) is 11.0 Å². The number of nitrogens with zero attached hydrogens (tertiary/aromatic N) is 4. The van der Waals surface area contributed by atoms with E-state index in [4.69, 9.17) is 9.37 Å². The van der Waals surface area contributed by atoms with Crippen molar-refractivity contribution in [3.63, 3.8) is 0 Å². The zero-order valence-corrected chi connectivity index (χ0v) is 12.4. The van der Waals surface area contributed by atoms with E-state index in [0.29, 0.717) is 6.54 Å². The van der Waals surface area contributed by atoms with E-state index >= 15 is 0 Å². The summed E-state index contributed by atoms with van der Waals surface area (Å²) < 4.78 is 10.2. The van der Waals surface area contributed by atoms with E-state index in [1.807, 2.05) is 18.2 Å². The summed E-state index contributed by atoms with van der Waals surface area (Å²) in [4.78, 5) is 4.61. The zero-order valence-electron chi connectivity index (χ0n) is 12.4. The molecule has 2 saturated heterocycles.